The second-order valence-corrected chi connectivity index (χ2v) is 7.53. The van der Waals surface area contributed by atoms with E-state index in [0.29, 0.717) is 12.4 Å². The third-order valence-corrected chi connectivity index (χ3v) is 5.52. The summed E-state index contributed by atoms with van der Waals surface area (Å²) in [5.74, 6) is 2.09. The van der Waals surface area contributed by atoms with Crippen LogP contribution in [-0.4, -0.2) is 40.0 Å². The Balaban J connectivity index is 1.94. The molecule has 7 heteroatoms. The number of carbonyl (C=O) groups is 1. The number of hydrogen-bond acceptors (Lipinski definition) is 5. The van der Waals surface area contributed by atoms with Crippen LogP contribution < -0.4 is 10.1 Å². The number of ether oxygens (including phenoxy) is 1. The van der Waals surface area contributed by atoms with Gasteiger partial charge in [-0.15, -0.1) is 10.2 Å². The first-order chi connectivity index (χ1) is 15.0. The van der Waals surface area contributed by atoms with Crippen LogP contribution in [0.3, 0.4) is 0 Å². The molecule has 1 aromatic heterocycles. The number of carbonyl (C=O) groups excluding carboxylic acids is 1. The minimum Gasteiger partial charge on any atom is -0.497 e. The molecular weight excluding hydrogens is 390 g/mol. The van der Waals surface area contributed by atoms with Crippen molar-refractivity contribution in [2.75, 3.05) is 13.7 Å². The van der Waals surface area contributed by atoms with Crippen molar-refractivity contribution < 1.29 is 9.53 Å². The SMILES string of the molecule is CCNC(=O)C[C@@H]1N=C(c2ccc(CC)cc2)c2cc(OC)ccc2-n2c(C)nnc21. The van der Waals surface area contributed by atoms with Gasteiger partial charge in [-0.2, -0.15) is 0 Å². The normalized spacial score (nSPS) is 14.8. The molecule has 2 aromatic carbocycles. The number of nitrogens with one attached hydrogen (secondary N) is 1. The standard InChI is InChI=1S/C24H27N5O2/c1-5-16-7-9-17(10-8-16)23-19-13-18(31-4)11-12-21(19)29-15(3)27-28-24(29)20(26-23)14-22(30)25-6-2/h7-13,20H,5-6,14H2,1-4H3,(H,25,30)/t20-/m0/s1. The molecule has 0 unspecified atom stereocenters. The van der Waals surface area contributed by atoms with Gasteiger partial charge in [-0.3, -0.25) is 14.4 Å². The highest BCUT2D eigenvalue weighted by atomic mass is 16.5. The zero-order chi connectivity index (χ0) is 22.0. The Morgan fingerprint density at radius 2 is 1.90 bits per heavy atom. The van der Waals surface area contributed by atoms with E-state index in [4.69, 9.17) is 9.73 Å². The zero-order valence-corrected chi connectivity index (χ0v) is 18.3. The third-order valence-electron chi connectivity index (χ3n) is 5.52. The second kappa shape index (κ2) is 8.71. The number of methoxy groups -OCH3 is 1. The van der Waals surface area contributed by atoms with Crippen molar-refractivity contribution in [3.63, 3.8) is 0 Å². The molecule has 31 heavy (non-hydrogen) atoms. The van der Waals surface area contributed by atoms with E-state index >= 15 is 0 Å². The van der Waals surface area contributed by atoms with Gasteiger partial charge < -0.3 is 10.1 Å². The lowest BCUT2D eigenvalue weighted by Crippen LogP contribution is -2.25. The Hall–Kier alpha value is -3.48. The first-order valence-corrected chi connectivity index (χ1v) is 10.6. The quantitative estimate of drug-likeness (QED) is 0.665. The molecule has 1 amide bonds. The van der Waals surface area contributed by atoms with Gasteiger partial charge in [-0.1, -0.05) is 31.2 Å². The van der Waals surface area contributed by atoms with Crippen LogP contribution in [0.5, 0.6) is 5.75 Å². The number of fused-ring (bicyclic) bond motifs is 3. The van der Waals surface area contributed by atoms with Crippen molar-refractivity contribution in [2.24, 2.45) is 4.99 Å². The van der Waals surface area contributed by atoms with E-state index in [2.05, 4.69) is 46.7 Å². The van der Waals surface area contributed by atoms with Gasteiger partial charge in [-0.05, 0) is 44.0 Å². The number of benzene rings is 2. The topological polar surface area (TPSA) is 81.4 Å². The Bertz CT molecular complexity index is 1130. The number of nitrogens with zero attached hydrogens (tertiary/aromatic N) is 4. The van der Waals surface area contributed by atoms with Gasteiger partial charge in [0.05, 0.1) is 24.9 Å². The van der Waals surface area contributed by atoms with E-state index in [1.165, 1.54) is 5.56 Å². The summed E-state index contributed by atoms with van der Waals surface area (Å²) >= 11 is 0. The molecular formula is C24H27N5O2. The fourth-order valence-electron chi connectivity index (χ4n) is 3.91. The summed E-state index contributed by atoms with van der Waals surface area (Å²) < 4.78 is 7.50. The van der Waals surface area contributed by atoms with Crippen molar-refractivity contribution >= 4 is 11.6 Å². The van der Waals surface area contributed by atoms with E-state index in [-0.39, 0.29) is 12.3 Å². The van der Waals surface area contributed by atoms with Crippen molar-refractivity contribution in [3.05, 3.63) is 70.8 Å². The van der Waals surface area contributed by atoms with Gasteiger partial charge in [-0.25, -0.2) is 0 Å². The molecule has 1 N–H and O–H groups in total. The lowest BCUT2D eigenvalue weighted by Gasteiger charge is -2.14. The summed E-state index contributed by atoms with van der Waals surface area (Å²) in [6.45, 7) is 6.53. The first-order valence-electron chi connectivity index (χ1n) is 10.6. The van der Waals surface area contributed by atoms with E-state index in [9.17, 15) is 4.79 Å². The maximum atomic E-state index is 12.5. The van der Waals surface area contributed by atoms with E-state index in [1.807, 2.05) is 36.6 Å². The highest BCUT2D eigenvalue weighted by molar-refractivity contribution is 6.15. The average molecular weight is 418 g/mol. The largest absolute Gasteiger partial charge is 0.497 e. The van der Waals surface area contributed by atoms with Crippen molar-refractivity contribution in [1.82, 2.24) is 20.1 Å². The number of aliphatic imine (C=N–C) groups is 1. The number of hydrogen-bond donors (Lipinski definition) is 1. The fraction of sp³-hybridized carbons (Fsp3) is 0.333. The summed E-state index contributed by atoms with van der Waals surface area (Å²) in [4.78, 5) is 17.6. The summed E-state index contributed by atoms with van der Waals surface area (Å²) in [7, 11) is 1.65. The smallest absolute Gasteiger partial charge is 0.222 e. The molecule has 1 atom stereocenters. The summed E-state index contributed by atoms with van der Waals surface area (Å²) in [6, 6.07) is 13.9. The second-order valence-electron chi connectivity index (χ2n) is 7.53. The van der Waals surface area contributed by atoms with Crippen LogP contribution in [0.25, 0.3) is 5.69 Å². The Kier molecular flexibility index (Phi) is 5.84. The molecule has 3 aromatic rings. The molecule has 160 valence electrons. The predicted octanol–water partition coefficient (Wildman–Crippen LogP) is 3.57. The minimum absolute atomic E-state index is 0.0623. The van der Waals surface area contributed by atoms with Crippen LogP contribution in [0.4, 0.5) is 0 Å². The molecule has 0 saturated heterocycles. The Morgan fingerprint density at radius 3 is 2.58 bits per heavy atom. The minimum atomic E-state index is -0.452. The summed E-state index contributed by atoms with van der Waals surface area (Å²) in [5, 5.41) is 11.6. The summed E-state index contributed by atoms with van der Waals surface area (Å²) in [6.07, 6.45) is 1.17. The molecule has 0 saturated carbocycles. The predicted molar refractivity (Wildman–Crippen MR) is 120 cm³/mol. The van der Waals surface area contributed by atoms with E-state index in [1.54, 1.807) is 7.11 Å². The lowest BCUT2D eigenvalue weighted by atomic mass is 9.98. The molecule has 2 heterocycles. The fourth-order valence-corrected chi connectivity index (χ4v) is 3.91. The highest BCUT2D eigenvalue weighted by Gasteiger charge is 2.29. The summed E-state index contributed by atoms with van der Waals surface area (Å²) in [5.41, 5.74) is 4.91. The van der Waals surface area contributed by atoms with Crippen LogP contribution in [-0.2, 0) is 11.2 Å². The van der Waals surface area contributed by atoms with Crippen molar-refractivity contribution in [3.8, 4) is 11.4 Å². The third kappa shape index (κ3) is 3.95. The van der Waals surface area contributed by atoms with Gasteiger partial charge in [0.25, 0.3) is 0 Å². The van der Waals surface area contributed by atoms with Gasteiger partial charge in [0.2, 0.25) is 5.91 Å². The van der Waals surface area contributed by atoms with E-state index in [0.717, 1.165) is 40.5 Å². The van der Waals surface area contributed by atoms with Crippen LogP contribution in [0.1, 0.15) is 54.6 Å². The van der Waals surface area contributed by atoms with Gasteiger partial charge in [0, 0.05) is 17.7 Å². The molecule has 0 fully saturated rings. The molecule has 0 radical (unpaired) electrons. The van der Waals surface area contributed by atoms with Gasteiger partial charge in [0.15, 0.2) is 5.82 Å². The maximum Gasteiger partial charge on any atom is 0.222 e. The maximum absolute atomic E-state index is 12.5. The monoisotopic (exact) mass is 417 g/mol. The van der Waals surface area contributed by atoms with E-state index < -0.39 is 6.04 Å². The van der Waals surface area contributed by atoms with Gasteiger partial charge >= 0.3 is 0 Å². The number of aryl methyl sites for hydroxylation is 2. The van der Waals surface area contributed by atoms with Crippen LogP contribution >= 0.6 is 0 Å². The number of aromatic nitrogens is 3. The van der Waals surface area contributed by atoms with Crippen LogP contribution in [0, 0.1) is 6.92 Å². The number of amides is 1. The van der Waals surface area contributed by atoms with Crippen LogP contribution in [0.15, 0.2) is 47.5 Å². The molecule has 1 aliphatic rings. The van der Waals surface area contributed by atoms with Gasteiger partial charge in [0.1, 0.15) is 17.6 Å². The lowest BCUT2D eigenvalue weighted by molar-refractivity contribution is -0.121. The Labute approximate surface area is 182 Å². The Morgan fingerprint density at radius 1 is 1.13 bits per heavy atom. The molecule has 7 nitrogen and oxygen atoms in total. The highest BCUT2D eigenvalue weighted by Crippen LogP contribution is 2.34. The first kappa shape index (κ1) is 20.8. The molecule has 0 bridgehead atoms. The molecule has 0 spiro atoms. The van der Waals surface area contributed by atoms with Crippen molar-refractivity contribution in [1.29, 1.82) is 0 Å². The average Bonchev–Trinajstić information content (AvgIpc) is 3.11. The molecule has 1 aliphatic heterocycles. The van der Waals surface area contributed by atoms with Crippen molar-refractivity contribution in [2.45, 2.75) is 39.7 Å². The number of rotatable bonds is 6. The molecule has 4 rings (SSSR count). The zero-order valence-electron chi connectivity index (χ0n) is 18.3. The molecule has 0 aliphatic carbocycles. The van der Waals surface area contributed by atoms with Crippen LogP contribution in [0.2, 0.25) is 0 Å².